The molecule has 2 aromatic rings. The fourth-order valence-corrected chi connectivity index (χ4v) is 4.67. The van der Waals surface area contributed by atoms with Crippen LogP contribution in [0.3, 0.4) is 0 Å². The predicted molar refractivity (Wildman–Crippen MR) is 114 cm³/mol. The van der Waals surface area contributed by atoms with Crippen molar-refractivity contribution in [3.8, 4) is 0 Å². The second-order valence-electron chi connectivity index (χ2n) is 7.64. The zero-order valence-electron chi connectivity index (χ0n) is 16.6. The van der Waals surface area contributed by atoms with Gasteiger partial charge < -0.3 is 4.90 Å². The highest BCUT2D eigenvalue weighted by molar-refractivity contribution is 8.18. The minimum absolute atomic E-state index is 0.0305. The van der Waals surface area contributed by atoms with E-state index in [0.717, 1.165) is 62.6 Å². The Morgan fingerprint density at radius 2 is 2.00 bits per heavy atom. The number of thioether (sulfide) groups is 1. The summed E-state index contributed by atoms with van der Waals surface area (Å²) in [6.07, 6.45) is 8.38. The monoisotopic (exact) mass is 426 g/mol. The van der Waals surface area contributed by atoms with E-state index in [-0.39, 0.29) is 17.3 Å². The second-order valence-corrected chi connectivity index (χ2v) is 8.74. The van der Waals surface area contributed by atoms with Crippen LogP contribution >= 0.6 is 11.8 Å². The highest BCUT2D eigenvalue weighted by atomic mass is 32.2. The topological polar surface area (TPSA) is 76.1 Å². The first kappa shape index (κ1) is 20.7. The summed E-state index contributed by atoms with van der Waals surface area (Å²) in [6.45, 7) is 1.77. The van der Waals surface area contributed by atoms with Gasteiger partial charge in [0, 0.05) is 25.0 Å². The highest BCUT2D eigenvalue weighted by Crippen LogP contribution is 2.30. The average Bonchev–Trinajstić information content (AvgIpc) is 3.05. The Morgan fingerprint density at radius 3 is 2.73 bits per heavy atom. The summed E-state index contributed by atoms with van der Waals surface area (Å²) in [4.78, 5) is 38.7. The van der Waals surface area contributed by atoms with Gasteiger partial charge in [0.15, 0.2) is 5.78 Å². The molecule has 2 aromatic heterocycles. The fraction of sp³-hybridized carbons (Fsp3) is 0.409. The van der Waals surface area contributed by atoms with Crippen molar-refractivity contribution in [1.82, 2.24) is 15.0 Å². The molecule has 30 heavy (non-hydrogen) atoms. The molecular formula is C22H23FN4O2S. The van der Waals surface area contributed by atoms with Crippen LogP contribution < -0.4 is 4.90 Å². The van der Waals surface area contributed by atoms with Crippen molar-refractivity contribution < 1.29 is 14.0 Å². The number of hydrogen-bond donors (Lipinski definition) is 0. The van der Waals surface area contributed by atoms with E-state index in [0.29, 0.717) is 22.5 Å². The lowest BCUT2D eigenvalue weighted by atomic mass is 9.91. The first-order valence-corrected chi connectivity index (χ1v) is 11.0. The molecule has 0 amide bonds. The molecule has 0 atom stereocenters. The van der Waals surface area contributed by atoms with Gasteiger partial charge in [0.05, 0.1) is 17.0 Å². The van der Waals surface area contributed by atoms with Gasteiger partial charge in [0.25, 0.3) is 0 Å². The molecule has 2 saturated heterocycles. The van der Waals surface area contributed by atoms with Gasteiger partial charge in [-0.25, -0.2) is 15.0 Å². The number of halogens is 1. The van der Waals surface area contributed by atoms with Gasteiger partial charge in [0.1, 0.15) is 0 Å². The van der Waals surface area contributed by atoms with E-state index in [1.54, 1.807) is 24.4 Å². The number of carbonyl (C=O) groups is 2. The lowest BCUT2D eigenvalue weighted by Crippen LogP contribution is -2.35. The lowest BCUT2D eigenvalue weighted by Gasteiger charge is -2.32. The summed E-state index contributed by atoms with van der Waals surface area (Å²) >= 11 is 0.990. The van der Waals surface area contributed by atoms with Crippen LogP contribution in [-0.4, -0.2) is 38.9 Å². The number of piperidine rings is 1. The summed E-state index contributed by atoms with van der Waals surface area (Å²) in [5.41, 5.74) is 1.46. The van der Waals surface area contributed by atoms with Crippen LogP contribution in [0.1, 0.15) is 43.5 Å². The maximum Gasteiger partial charge on any atom is 0.225 e. The fourth-order valence-electron chi connectivity index (χ4n) is 3.86. The van der Waals surface area contributed by atoms with Gasteiger partial charge in [-0.15, -0.1) is 0 Å². The number of allylic oxidation sites excluding steroid dienone is 1. The van der Waals surface area contributed by atoms with Crippen LogP contribution in [0.25, 0.3) is 6.08 Å². The number of hydrogen-bond acceptors (Lipinski definition) is 7. The van der Waals surface area contributed by atoms with E-state index in [4.69, 9.17) is 0 Å². The van der Waals surface area contributed by atoms with E-state index in [2.05, 4.69) is 19.9 Å². The molecule has 0 saturated carbocycles. The van der Waals surface area contributed by atoms with Gasteiger partial charge in [0.2, 0.25) is 17.0 Å². The van der Waals surface area contributed by atoms with Gasteiger partial charge in [-0.1, -0.05) is 6.07 Å². The molecule has 0 unspecified atom stereocenters. The normalized spacial score (nSPS) is 19.1. The third-order valence-electron chi connectivity index (χ3n) is 5.46. The molecule has 2 aliphatic rings. The van der Waals surface area contributed by atoms with Gasteiger partial charge in [-0.2, -0.15) is 4.39 Å². The maximum atomic E-state index is 13.2. The Balaban J connectivity index is 1.28. The Morgan fingerprint density at radius 1 is 1.17 bits per heavy atom. The van der Waals surface area contributed by atoms with Crippen LogP contribution in [0.5, 0.6) is 0 Å². The SMILES string of the molecule is O=C1CC(=O)/C(=C/c2ccnc(N3CCC(CCCc4cccc(F)n4)CC3)n2)S1. The van der Waals surface area contributed by atoms with Crippen LogP contribution in [0.2, 0.25) is 0 Å². The largest absolute Gasteiger partial charge is 0.341 e. The number of ketones is 1. The van der Waals surface area contributed by atoms with Crippen molar-refractivity contribution in [1.29, 1.82) is 0 Å². The van der Waals surface area contributed by atoms with Crippen molar-refractivity contribution in [3.05, 3.63) is 52.7 Å². The van der Waals surface area contributed by atoms with Gasteiger partial charge >= 0.3 is 0 Å². The van der Waals surface area contributed by atoms with E-state index < -0.39 is 5.95 Å². The van der Waals surface area contributed by atoms with Crippen molar-refractivity contribution in [2.24, 2.45) is 5.92 Å². The van der Waals surface area contributed by atoms with Crippen molar-refractivity contribution in [3.63, 3.8) is 0 Å². The van der Waals surface area contributed by atoms with Gasteiger partial charge in [-0.05, 0) is 74.1 Å². The van der Waals surface area contributed by atoms with Crippen molar-refractivity contribution in [2.45, 2.75) is 38.5 Å². The molecule has 2 aliphatic heterocycles. The van der Waals surface area contributed by atoms with E-state index in [9.17, 15) is 14.0 Å². The number of anilines is 1. The molecule has 0 spiro atoms. The molecule has 2 fully saturated rings. The molecule has 0 bridgehead atoms. The third kappa shape index (κ3) is 5.30. The van der Waals surface area contributed by atoms with E-state index >= 15 is 0 Å². The molecule has 4 heterocycles. The standard InChI is InChI=1S/C22H23FN4O2S/c23-20-6-2-5-16(25-20)4-1-3-15-8-11-27(12-9-15)22-24-10-7-17(26-22)13-19-18(28)14-21(29)30-19/h2,5-7,10,13,15H,1,3-4,8-9,11-12,14H2/b19-13-. The molecule has 0 aliphatic carbocycles. The molecule has 8 heteroatoms. The smallest absolute Gasteiger partial charge is 0.225 e. The molecule has 0 radical (unpaired) electrons. The van der Waals surface area contributed by atoms with Crippen LogP contribution in [0, 0.1) is 11.9 Å². The summed E-state index contributed by atoms with van der Waals surface area (Å²) in [5.74, 6) is 0.743. The molecule has 0 N–H and O–H groups in total. The zero-order valence-corrected chi connectivity index (χ0v) is 17.4. The van der Waals surface area contributed by atoms with E-state index in [1.165, 1.54) is 6.07 Å². The van der Waals surface area contributed by atoms with Crippen molar-refractivity contribution >= 4 is 34.7 Å². The number of pyridine rings is 1. The number of nitrogens with zero attached hydrogens (tertiary/aromatic N) is 4. The number of aryl methyl sites for hydroxylation is 1. The molecule has 156 valence electrons. The third-order valence-corrected chi connectivity index (χ3v) is 6.40. The zero-order chi connectivity index (χ0) is 20.9. The Labute approximate surface area is 179 Å². The Kier molecular flexibility index (Phi) is 6.52. The minimum atomic E-state index is -0.416. The average molecular weight is 427 g/mol. The second kappa shape index (κ2) is 9.47. The number of rotatable bonds is 6. The summed E-state index contributed by atoms with van der Waals surface area (Å²) in [7, 11) is 0. The molecule has 4 rings (SSSR count). The van der Waals surface area contributed by atoms with Gasteiger partial charge in [-0.3, -0.25) is 9.59 Å². The minimum Gasteiger partial charge on any atom is -0.341 e. The molecular weight excluding hydrogens is 403 g/mol. The summed E-state index contributed by atoms with van der Waals surface area (Å²) < 4.78 is 13.2. The first-order valence-electron chi connectivity index (χ1n) is 10.2. The highest BCUT2D eigenvalue weighted by Gasteiger charge is 2.26. The number of carbonyl (C=O) groups excluding carboxylic acids is 2. The lowest BCUT2D eigenvalue weighted by molar-refractivity contribution is -0.119. The van der Waals surface area contributed by atoms with Crippen LogP contribution in [0.4, 0.5) is 10.3 Å². The number of aromatic nitrogens is 3. The molecule has 0 aromatic carbocycles. The van der Waals surface area contributed by atoms with E-state index in [1.807, 2.05) is 6.07 Å². The van der Waals surface area contributed by atoms with Crippen LogP contribution in [0.15, 0.2) is 35.4 Å². The summed E-state index contributed by atoms with van der Waals surface area (Å²) in [6, 6.07) is 6.70. The molecule has 6 nitrogen and oxygen atoms in total. The quantitative estimate of drug-likeness (QED) is 0.395. The number of Topliss-reactive ketones (excluding diaryl/α,β-unsaturated/α-hetero) is 1. The Hall–Kier alpha value is -2.61. The first-order chi connectivity index (χ1) is 14.6. The van der Waals surface area contributed by atoms with Crippen molar-refractivity contribution in [2.75, 3.05) is 18.0 Å². The van der Waals surface area contributed by atoms with Crippen LogP contribution in [-0.2, 0) is 16.0 Å². The Bertz CT molecular complexity index is 973. The summed E-state index contributed by atoms with van der Waals surface area (Å²) in [5, 5.41) is -0.115. The maximum absolute atomic E-state index is 13.2. The predicted octanol–water partition coefficient (Wildman–Crippen LogP) is 3.82.